The zero-order chi connectivity index (χ0) is 16.9. The van der Waals surface area contributed by atoms with E-state index in [1.165, 1.54) is 11.8 Å². The van der Waals surface area contributed by atoms with Gasteiger partial charge in [0.25, 0.3) is 0 Å². The second-order valence-electron chi connectivity index (χ2n) is 6.25. The van der Waals surface area contributed by atoms with Crippen LogP contribution in [-0.4, -0.2) is 23.7 Å². The second-order valence-corrected chi connectivity index (χ2v) is 6.25. The number of aliphatic hydroxyl groups is 1. The maximum absolute atomic E-state index is 12.3. The van der Waals surface area contributed by atoms with Crippen molar-refractivity contribution in [2.45, 2.75) is 44.4 Å². The van der Waals surface area contributed by atoms with Gasteiger partial charge in [0, 0.05) is 12.5 Å². The number of nitrogens with one attached hydrogen (secondary N) is 1. The standard InChI is InChI=1S/C19H23NO4/c1-13(11-16(21)17-7-4-9-23-17)20-19(22)12-18-15-6-3-2-5-14(15)8-10-24-18/h2-7,9,13,16,18,21H,8,10-12H2,1H3,(H,20,22). The van der Waals surface area contributed by atoms with Crippen molar-refractivity contribution in [2.75, 3.05) is 6.61 Å². The molecule has 2 N–H and O–H groups in total. The zero-order valence-corrected chi connectivity index (χ0v) is 13.8. The van der Waals surface area contributed by atoms with Crippen LogP contribution >= 0.6 is 0 Å². The van der Waals surface area contributed by atoms with Gasteiger partial charge in [0.15, 0.2) is 0 Å². The van der Waals surface area contributed by atoms with E-state index in [1.54, 1.807) is 12.1 Å². The molecule has 0 bridgehead atoms. The highest BCUT2D eigenvalue weighted by molar-refractivity contribution is 5.77. The molecule has 3 atom stereocenters. The molecule has 5 nitrogen and oxygen atoms in total. The Morgan fingerprint density at radius 2 is 2.17 bits per heavy atom. The second kappa shape index (κ2) is 7.64. The van der Waals surface area contributed by atoms with Crippen LogP contribution in [0.5, 0.6) is 0 Å². The normalized spacial score (nSPS) is 19.3. The number of furan rings is 1. The SMILES string of the molecule is CC(CC(O)c1ccco1)NC(=O)CC1OCCc2ccccc21. The number of fused-ring (bicyclic) bond motifs is 1. The number of ether oxygens (including phenoxy) is 1. The first-order valence-corrected chi connectivity index (χ1v) is 8.33. The highest BCUT2D eigenvalue weighted by Gasteiger charge is 2.24. The third kappa shape index (κ3) is 4.04. The third-order valence-corrected chi connectivity index (χ3v) is 4.32. The highest BCUT2D eigenvalue weighted by atomic mass is 16.5. The molecule has 0 aliphatic carbocycles. The van der Waals surface area contributed by atoms with E-state index in [9.17, 15) is 9.90 Å². The molecule has 1 aliphatic rings. The van der Waals surface area contributed by atoms with Crippen LogP contribution in [-0.2, 0) is 16.0 Å². The van der Waals surface area contributed by atoms with Crippen molar-refractivity contribution < 1.29 is 19.1 Å². The van der Waals surface area contributed by atoms with Gasteiger partial charge in [-0.2, -0.15) is 0 Å². The van der Waals surface area contributed by atoms with Gasteiger partial charge in [-0.1, -0.05) is 24.3 Å². The summed E-state index contributed by atoms with van der Waals surface area (Å²) in [5, 5.41) is 13.0. The van der Waals surface area contributed by atoms with Crippen LogP contribution in [0.15, 0.2) is 47.1 Å². The van der Waals surface area contributed by atoms with Gasteiger partial charge in [-0.15, -0.1) is 0 Å². The molecule has 0 radical (unpaired) electrons. The zero-order valence-electron chi connectivity index (χ0n) is 13.8. The van der Waals surface area contributed by atoms with E-state index in [2.05, 4.69) is 11.4 Å². The van der Waals surface area contributed by atoms with Crippen LogP contribution < -0.4 is 5.32 Å². The Labute approximate surface area is 141 Å². The minimum absolute atomic E-state index is 0.0733. The average molecular weight is 329 g/mol. The number of aliphatic hydroxyl groups excluding tert-OH is 1. The average Bonchev–Trinajstić information content (AvgIpc) is 3.09. The van der Waals surface area contributed by atoms with Crippen molar-refractivity contribution in [3.05, 3.63) is 59.5 Å². The number of amides is 1. The Hall–Kier alpha value is -2.11. The maximum Gasteiger partial charge on any atom is 0.223 e. The van der Waals surface area contributed by atoms with Gasteiger partial charge in [-0.25, -0.2) is 0 Å². The first-order chi connectivity index (χ1) is 11.6. The molecular formula is C19H23NO4. The van der Waals surface area contributed by atoms with Crippen molar-refractivity contribution in [3.8, 4) is 0 Å². The van der Waals surface area contributed by atoms with Crippen molar-refractivity contribution in [1.29, 1.82) is 0 Å². The van der Waals surface area contributed by atoms with Crippen LogP contribution in [0, 0.1) is 0 Å². The molecule has 5 heteroatoms. The molecule has 1 aromatic heterocycles. The lowest BCUT2D eigenvalue weighted by molar-refractivity contribution is -0.125. The van der Waals surface area contributed by atoms with Gasteiger partial charge < -0.3 is 19.6 Å². The molecule has 24 heavy (non-hydrogen) atoms. The molecule has 0 spiro atoms. The molecular weight excluding hydrogens is 306 g/mol. The molecule has 3 unspecified atom stereocenters. The number of carbonyl (C=O) groups excluding carboxylic acids is 1. The summed E-state index contributed by atoms with van der Waals surface area (Å²) < 4.78 is 11.0. The predicted molar refractivity (Wildman–Crippen MR) is 89.3 cm³/mol. The van der Waals surface area contributed by atoms with E-state index in [4.69, 9.17) is 9.15 Å². The van der Waals surface area contributed by atoms with E-state index < -0.39 is 6.10 Å². The molecule has 1 amide bonds. The number of hydrogen-bond acceptors (Lipinski definition) is 4. The van der Waals surface area contributed by atoms with Crippen molar-refractivity contribution in [3.63, 3.8) is 0 Å². The van der Waals surface area contributed by atoms with Crippen LogP contribution in [0.25, 0.3) is 0 Å². The number of benzene rings is 1. The molecule has 2 heterocycles. The smallest absolute Gasteiger partial charge is 0.223 e. The third-order valence-electron chi connectivity index (χ3n) is 4.32. The summed E-state index contributed by atoms with van der Waals surface area (Å²) in [5.74, 6) is 0.441. The number of carbonyl (C=O) groups is 1. The molecule has 3 rings (SSSR count). The lowest BCUT2D eigenvalue weighted by Gasteiger charge is -2.26. The predicted octanol–water partition coefficient (Wildman–Crippen LogP) is 2.91. The fourth-order valence-corrected chi connectivity index (χ4v) is 3.14. The van der Waals surface area contributed by atoms with Crippen LogP contribution in [0.2, 0.25) is 0 Å². The highest BCUT2D eigenvalue weighted by Crippen LogP contribution is 2.29. The summed E-state index contributed by atoms with van der Waals surface area (Å²) in [4.78, 5) is 12.3. The Kier molecular flexibility index (Phi) is 5.33. The van der Waals surface area contributed by atoms with E-state index in [1.807, 2.05) is 25.1 Å². The fourth-order valence-electron chi connectivity index (χ4n) is 3.14. The Morgan fingerprint density at radius 1 is 1.33 bits per heavy atom. The maximum atomic E-state index is 12.3. The lowest BCUT2D eigenvalue weighted by Crippen LogP contribution is -2.35. The molecule has 0 saturated carbocycles. The quantitative estimate of drug-likeness (QED) is 0.855. The van der Waals surface area contributed by atoms with Gasteiger partial charge in [-0.3, -0.25) is 4.79 Å². The van der Waals surface area contributed by atoms with Crippen LogP contribution in [0.4, 0.5) is 0 Å². The Morgan fingerprint density at radius 3 is 2.96 bits per heavy atom. The van der Waals surface area contributed by atoms with E-state index in [0.717, 1.165) is 12.0 Å². The molecule has 2 aromatic rings. The largest absolute Gasteiger partial charge is 0.467 e. The fraction of sp³-hybridized carbons (Fsp3) is 0.421. The first-order valence-electron chi connectivity index (χ1n) is 8.33. The lowest BCUT2D eigenvalue weighted by atomic mass is 9.95. The summed E-state index contributed by atoms with van der Waals surface area (Å²) in [5.41, 5.74) is 2.35. The van der Waals surface area contributed by atoms with Gasteiger partial charge in [0.05, 0.1) is 25.4 Å². The van der Waals surface area contributed by atoms with Crippen LogP contribution in [0.3, 0.4) is 0 Å². The summed E-state index contributed by atoms with van der Waals surface area (Å²) in [6.45, 7) is 2.52. The van der Waals surface area contributed by atoms with Gasteiger partial charge >= 0.3 is 0 Å². The molecule has 128 valence electrons. The topological polar surface area (TPSA) is 71.7 Å². The number of hydrogen-bond donors (Lipinski definition) is 2. The van der Waals surface area contributed by atoms with E-state index >= 15 is 0 Å². The van der Waals surface area contributed by atoms with E-state index in [0.29, 0.717) is 18.8 Å². The van der Waals surface area contributed by atoms with Gasteiger partial charge in [-0.05, 0) is 36.6 Å². The van der Waals surface area contributed by atoms with Crippen molar-refractivity contribution in [1.82, 2.24) is 5.32 Å². The summed E-state index contributed by atoms with van der Waals surface area (Å²) in [6, 6.07) is 11.4. The van der Waals surface area contributed by atoms with Crippen LogP contribution in [0.1, 0.15) is 48.9 Å². The van der Waals surface area contributed by atoms with E-state index in [-0.39, 0.29) is 24.5 Å². The number of rotatable bonds is 6. The summed E-state index contributed by atoms with van der Waals surface area (Å²) in [6.07, 6.45) is 2.19. The molecule has 0 saturated heterocycles. The summed E-state index contributed by atoms with van der Waals surface area (Å²) in [7, 11) is 0. The van der Waals surface area contributed by atoms with Crippen molar-refractivity contribution in [2.24, 2.45) is 0 Å². The molecule has 0 fully saturated rings. The molecule has 1 aliphatic heterocycles. The van der Waals surface area contributed by atoms with Crippen molar-refractivity contribution >= 4 is 5.91 Å². The monoisotopic (exact) mass is 329 g/mol. The Bertz CT molecular complexity index is 668. The minimum atomic E-state index is -0.720. The minimum Gasteiger partial charge on any atom is -0.467 e. The first kappa shape index (κ1) is 16.7. The summed E-state index contributed by atoms with van der Waals surface area (Å²) >= 11 is 0. The van der Waals surface area contributed by atoms with Gasteiger partial charge in [0.1, 0.15) is 11.9 Å². The molecule has 1 aromatic carbocycles. The van der Waals surface area contributed by atoms with Gasteiger partial charge in [0.2, 0.25) is 5.91 Å². The Balaban J connectivity index is 1.52.